The van der Waals surface area contributed by atoms with Crippen LogP contribution in [0.3, 0.4) is 0 Å². The lowest BCUT2D eigenvalue weighted by Crippen LogP contribution is -2.39. The van der Waals surface area contributed by atoms with E-state index in [0.717, 1.165) is 17.0 Å². The fourth-order valence-electron chi connectivity index (χ4n) is 3.01. The van der Waals surface area contributed by atoms with E-state index in [4.69, 9.17) is 15.0 Å². The van der Waals surface area contributed by atoms with E-state index in [1.54, 1.807) is 24.3 Å². The van der Waals surface area contributed by atoms with Gasteiger partial charge in [0.25, 0.3) is 5.91 Å². The van der Waals surface area contributed by atoms with E-state index in [-0.39, 0.29) is 30.7 Å². The van der Waals surface area contributed by atoms with Crippen molar-refractivity contribution in [3.05, 3.63) is 48.5 Å². The van der Waals surface area contributed by atoms with Gasteiger partial charge in [-0.15, -0.1) is 13.2 Å². The molecule has 0 saturated carbocycles. The summed E-state index contributed by atoms with van der Waals surface area (Å²) in [6.07, 6.45) is -6.96. The Labute approximate surface area is 202 Å². The Kier molecular flexibility index (Phi) is 8.45. The first-order chi connectivity index (χ1) is 17.1. The number of halogens is 3. The van der Waals surface area contributed by atoms with Gasteiger partial charge in [-0.05, 0) is 43.3 Å². The molecule has 2 unspecified atom stereocenters. The van der Waals surface area contributed by atoms with E-state index >= 15 is 0 Å². The number of alkyl halides is 3. The predicted octanol–water partition coefficient (Wildman–Crippen LogP) is 2.58. The molecule has 36 heavy (non-hydrogen) atoms. The SMILES string of the molecule is CC(OCCN(C=O)c1cccc(OC(F)(F)F)c1)C(O)C(=O)Nc1ccc(-c2noc(N)n2)cc1. The molecule has 1 heterocycles. The predicted molar refractivity (Wildman–Crippen MR) is 121 cm³/mol. The quantitative estimate of drug-likeness (QED) is 0.331. The molecule has 192 valence electrons. The van der Waals surface area contributed by atoms with E-state index in [1.807, 2.05) is 0 Å². The zero-order valence-corrected chi connectivity index (χ0v) is 18.8. The monoisotopic (exact) mass is 509 g/mol. The van der Waals surface area contributed by atoms with Gasteiger partial charge in [0.2, 0.25) is 12.2 Å². The molecular formula is C22H22F3N5O6. The van der Waals surface area contributed by atoms with Gasteiger partial charge in [0.05, 0.1) is 12.7 Å². The summed E-state index contributed by atoms with van der Waals surface area (Å²) in [4.78, 5) is 28.8. The highest BCUT2D eigenvalue weighted by Crippen LogP contribution is 2.26. The van der Waals surface area contributed by atoms with Crippen LogP contribution in [0.2, 0.25) is 0 Å². The fraction of sp³-hybridized carbons (Fsp3) is 0.273. The first-order valence-corrected chi connectivity index (χ1v) is 10.4. The minimum atomic E-state index is -4.87. The number of amides is 2. The van der Waals surface area contributed by atoms with Gasteiger partial charge in [-0.1, -0.05) is 11.2 Å². The molecule has 2 amide bonds. The lowest BCUT2D eigenvalue weighted by atomic mass is 10.1. The van der Waals surface area contributed by atoms with Crippen LogP contribution in [0.5, 0.6) is 5.75 Å². The normalized spacial score (nSPS) is 13.0. The molecular weight excluding hydrogens is 487 g/mol. The van der Waals surface area contributed by atoms with Gasteiger partial charge in [0.1, 0.15) is 5.75 Å². The molecule has 14 heteroatoms. The van der Waals surface area contributed by atoms with Gasteiger partial charge in [-0.25, -0.2) is 0 Å². The second kappa shape index (κ2) is 11.5. The number of anilines is 3. The van der Waals surface area contributed by atoms with Crippen molar-refractivity contribution < 1.29 is 41.9 Å². The molecule has 0 aliphatic rings. The smallest absolute Gasteiger partial charge is 0.406 e. The van der Waals surface area contributed by atoms with E-state index < -0.39 is 30.2 Å². The third kappa shape index (κ3) is 7.41. The molecule has 0 fully saturated rings. The van der Waals surface area contributed by atoms with Crippen molar-refractivity contribution in [2.75, 3.05) is 29.1 Å². The zero-order chi connectivity index (χ0) is 26.3. The number of aromatic nitrogens is 2. The first kappa shape index (κ1) is 26.4. The Morgan fingerprint density at radius 1 is 1.28 bits per heavy atom. The fourth-order valence-corrected chi connectivity index (χ4v) is 3.01. The van der Waals surface area contributed by atoms with Crippen LogP contribution in [-0.2, 0) is 14.3 Å². The topological polar surface area (TPSA) is 153 Å². The minimum Gasteiger partial charge on any atom is -0.406 e. The maximum absolute atomic E-state index is 12.4. The average Bonchev–Trinajstić information content (AvgIpc) is 3.27. The van der Waals surface area contributed by atoms with Crippen molar-refractivity contribution in [3.63, 3.8) is 0 Å². The van der Waals surface area contributed by atoms with Gasteiger partial charge in [0.15, 0.2) is 6.10 Å². The van der Waals surface area contributed by atoms with Crippen LogP contribution in [0.25, 0.3) is 11.4 Å². The number of rotatable bonds is 11. The van der Waals surface area contributed by atoms with Crippen LogP contribution in [0, 0.1) is 0 Å². The maximum atomic E-state index is 12.4. The number of nitrogens with two attached hydrogens (primary N) is 1. The van der Waals surface area contributed by atoms with Crippen molar-refractivity contribution in [1.29, 1.82) is 0 Å². The van der Waals surface area contributed by atoms with E-state index in [0.29, 0.717) is 17.7 Å². The molecule has 2 aromatic carbocycles. The highest BCUT2D eigenvalue weighted by Gasteiger charge is 2.31. The Morgan fingerprint density at radius 3 is 2.61 bits per heavy atom. The number of aliphatic hydroxyl groups is 1. The highest BCUT2D eigenvalue weighted by molar-refractivity contribution is 5.94. The molecule has 0 saturated heterocycles. The number of hydrogen-bond donors (Lipinski definition) is 3. The van der Waals surface area contributed by atoms with Crippen LogP contribution >= 0.6 is 0 Å². The third-order valence-electron chi connectivity index (χ3n) is 4.79. The number of carbonyl (C=O) groups excluding carboxylic acids is 2. The molecule has 0 aliphatic carbocycles. The van der Waals surface area contributed by atoms with Crippen LogP contribution in [0.1, 0.15) is 6.92 Å². The Balaban J connectivity index is 1.49. The Morgan fingerprint density at radius 2 is 2.00 bits per heavy atom. The summed E-state index contributed by atoms with van der Waals surface area (Å²) in [5.74, 6) is -0.942. The summed E-state index contributed by atoms with van der Waals surface area (Å²) in [5.41, 5.74) is 6.52. The van der Waals surface area contributed by atoms with Crippen molar-refractivity contribution in [3.8, 4) is 17.1 Å². The lowest BCUT2D eigenvalue weighted by Gasteiger charge is -2.22. The summed E-state index contributed by atoms with van der Waals surface area (Å²) in [6, 6.07) is 11.2. The molecule has 2 atom stereocenters. The maximum Gasteiger partial charge on any atom is 0.573 e. The van der Waals surface area contributed by atoms with Crippen molar-refractivity contribution >= 4 is 29.7 Å². The van der Waals surface area contributed by atoms with E-state index in [1.165, 1.54) is 19.1 Å². The third-order valence-corrected chi connectivity index (χ3v) is 4.79. The molecule has 1 aromatic heterocycles. The summed E-state index contributed by atoms with van der Waals surface area (Å²) < 4.78 is 51.3. The Hall–Kier alpha value is -4.17. The van der Waals surface area contributed by atoms with Crippen molar-refractivity contribution in [2.45, 2.75) is 25.5 Å². The molecule has 0 radical (unpaired) electrons. The van der Waals surface area contributed by atoms with Crippen LogP contribution in [-0.4, -0.2) is 59.3 Å². The largest absolute Gasteiger partial charge is 0.573 e. The van der Waals surface area contributed by atoms with Gasteiger partial charge in [0, 0.05) is 29.5 Å². The number of ether oxygens (including phenoxy) is 2. The molecule has 0 spiro atoms. The van der Waals surface area contributed by atoms with E-state index in [2.05, 4.69) is 20.2 Å². The lowest BCUT2D eigenvalue weighted by molar-refractivity contribution is -0.274. The average molecular weight is 509 g/mol. The number of nitrogens with one attached hydrogen (secondary N) is 1. The number of carbonyl (C=O) groups is 2. The summed E-state index contributed by atoms with van der Waals surface area (Å²) >= 11 is 0. The van der Waals surface area contributed by atoms with Crippen LogP contribution in [0.4, 0.5) is 30.6 Å². The highest BCUT2D eigenvalue weighted by atomic mass is 19.4. The molecule has 0 aliphatic heterocycles. The molecule has 3 rings (SSSR count). The number of aliphatic hydroxyl groups excluding tert-OH is 1. The van der Waals surface area contributed by atoms with Crippen molar-refractivity contribution in [1.82, 2.24) is 10.1 Å². The van der Waals surface area contributed by atoms with Crippen molar-refractivity contribution in [2.24, 2.45) is 0 Å². The van der Waals surface area contributed by atoms with Gasteiger partial charge in [-0.3, -0.25) is 9.59 Å². The zero-order valence-electron chi connectivity index (χ0n) is 18.8. The standard InChI is InChI=1S/C22H22F3N5O6/c1-13(34-10-9-30(12-31)16-3-2-4-17(11-16)35-22(23,24)25)18(32)20(33)27-15-7-5-14(6-8-15)19-28-21(26)36-29-19/h2-8,11-13,18,32H,9-10H2,1H3,(H,27,33)(H2,26,28,29). The Bertz CT molecular complexity index is 1170. The minimum absolute atomic E-state index is 0.0558. The summed E-state index contributed by atoms with van der Waals surface area (Å²) in [5, 5.41) is 16.5. The van der Waals surface area contributed by atoms with E-state index in [9.17, 15) is 27.9 Å². The van der Waals surface area contributed by atoms with Gasteiger partial charge >= 0.3 is 12.4 Å². The molecule has 11 nitrogen and oxygen atoms in total. The van der Waals surface area contributed by atoms with Crippen LogP contribution in [0.15, 0.2) is 53.1 Å². The second-order valence-electron chi connectivity index (χ2n) is 7.39. The number of benzene rings is 2. The molecule has 3 aromatic rings. The second-order valence-corrected chi connectivity index (χ2v) is 7.39. The number of nitrogens with zero attached hydrogens (tertiary/aromatic N) is 3. The summed E-state index contributed by atoms with van der Waals surface area (Å²) in [7, 11) is 0. The molecule has 4 N–H and O–H groups in total. The number of nitrogen functional groups attached to an aromatic ring is 1. The first-order valence-electron chi connectivity index (χ1n) is 10.4. The van der Waals surface area contributed by atoms with Gasteiger partial charge in [-0.2, -0.15) is 4.98 Å². The summed E-state index contributed by atoms with van der Waals surface area (Å²) in [6.45, 7) is 1.29. The van der Waals surface area contributed by atoms with Gasteiger partial charge < -0.3 is 35.1 Å². The number of hydrogen-bond acceptors (Lipinski definition) is 9. The van der Waals surface area contributed by atoms with Crippen LogP contribution < -0.4 is 20.7 Å². The molecule has 0 bridgehead atoms.